The number of hydrogen-bond donors (Lipinski definition) is 1. The van der Waals surface area contributed by atoms with E-state index in [1.165, 1.54) is 0 Å². The first kappa shape index (κ1) is 19.8. The summed E-state index contributed by atoms with van der Waals surface area (Å²) in [6.07, 6.45) is 0.745. The standard InChI is InChI=1S/C20H23NO4S/c1-3-13-21-20(23)17-8-6-16(7-9-17)19(22)12-14-26(24,25)18-10-4-15(2)5-11-18/h4-11H,3,12-14H2,1-2H3,(H,21,23). The average Bonchev–Trinajstić information content (AvgIpc) is 2.64. The highest BCUT2D eigenvalue weighted by molar-refractivity contribution is 7.91. The van der Waals surface area contributed by atoms with Crippen molar-refractivity contribution in [2.75, 3.05) is 12.3 Å². The third kappa shape index (κ3) is 5.26. The number of benzene rings is 2. The molecule has 1 N–H and O–H groups in total. The molecule has 1 amide bonds. The van der Waals surface area contributed by atoms with E-state index in [1.54, 1.807) is 48.5 Å². The topological polar surface area (TPSA) is 80.3 Å². The maximum atomic E-state index is 12.3. The maximum absolute atomic E-state index is 12.3. The highest BCUT2D eigenvalue weighted by Gasteiger charge is 2.17. The van der Waals surface area contributed by atoms with Gasteiger partial charge >= 0.3 is 0 Å². The summed E-state index contributed by atoms with van der Waals surface area (Å²) in [6, 6.07) is 12.8. The number of Topliss-reactive ketones (excluding diaryl/α,β-unsaturated/α-hetero) is 1. The van der Waals surface area contributed by atoms with Gasteiger partial charge in [-0.15, -0.1) is 0 Å². The molecule has 0 saturated carbocycles. The lowest BCUT2D eigenvalue weighted by atomic mass is 10.1. The van der Waals surface area contributed by atoms with Crippen molar-refractivity contribution in [3.8, 4) is 0 Å². The number of sulfone groups is 1. The first-order valence-corrected chi connectivity index (χ1v) is 10.2. The van der Waals surface area contributed by atoms with Gasteiger partial charge in [0, 0.05) is 24.1 Å². The highest BCUT2D eigenvalue weighted by atomic mass is 32.2. The third-order valence-electron chi connectivity index (χ3n) is 3.98. The van der Waals surface area contributed by atoms with E-state index in [2.05, 4.69) is 5.32 Å². The van der Waals surface area contributed by atoms with Gasteiger partial charge in [0.05, 0.1) is 10.6 Å². The van der Waals surface area contributed by atoms with Crippen LogP contribution in [0.3, 0.4) is 0 Å². The van der Waals surface area contributed by atoms with Crippen LogP contribution in [0.5, 0.6) is 0 Å². The minimum absolute atomic E-state index is 0.0996. The van der Waals surface area contributed by atoms with Crippen LogP contribution in [0.2, 0.25) is 0 Å². The Morgan fingerprint density at radius 1 is 0.923 bits per heavy atom. The summed E-state index contributed by atoms with van der Waals surface area (Å²) in [6.45, 7) is 4.44. The normalized spacial score (nSPS) is 11.2. The number of ketones is 1. The predicted molar refractivity (Wildman–Crippen MR) is 101 cm³/mol. The number of rotatable bonds is 8. The van der Waals surface area contributed by atoms with Crippen LogP contribution >= 0.6 is 0 Å². The molecule has 0 aromatic heterocycles. The number of aryl methyl sites for hydroxylation is 1. The van der Waals surface area contributed by atoms with E-state index in [-0.39, 0.29) is 28.8 Å². The zero-order valence-corrected chi connectivity index (χ0v) is 15.8. The molecule has 0 aliphatic rings. The van der Waals surface area contributed by atoms with Crippen LogP contribution in [-0.4, -0.2) is 32.4 Å². The van der Waals surface area contributed by atoms with Gasteiger partial charge in [0.15, 0.2) is 15.6 Å². The number of amides is 1. The van der Waals surface area contributed by atoms with Gasteiger partial charge < -0.3 is 5.32 Å². The monoisotopic (exact) mass is 373 g/mol. The van der Waals surface area contributed by atoms with Gasteiger partial charge in [0.1, 0.15) is 0 Å². The van der Waals surface area contributed by atoms with Crippen molar-refractivity contribution in [2.24, 2.45) is 0 Å². The number of nitrogens with one attached hydrogen (secondary N) is 1. The summed E-state index contributed by atoms with van der Waals surface area (Å²) in [5.41, 5.74) is 1.85. The Labute approximate surface area is 154 Å². The van der Waals surface area contributed by atoms with Gasteiger partial charge in [0.2, 0.25) is 0 Å². The molecule has 0 aliphatic heterocycles. The van der Waals surface area contributed by atoms with E-state index in [4.69, 9.17) is 0 Å². The fraction of sp³-hybridized carbons (Fsp3) is 0.300. The Morgan fingerprint density at radius 2 is 1.50 bits per heavy atom. The molecule has 6 heteroatoms. The number of hydrogen-bond acceptors (Lipinski definition) is 4. The van der Waals surface area contributed by atoms with Crippen molar-refractivity contribution in [3.05, 3.63) is 65.2 Å². The van der Waals surface area contributed by atoms with E-state index in [0.717, 1.165) is 12.0 Å². The smallest absolute Gasteiger partial charge is 0.251 e. The molecular weight excluding hydrogens is 350 g/mol. The van der Waals surface area contributed by atoms with Crippen molar-refractivity contribution in [1.29, 1.82) is 0 Å². The predicted octanol–water partition coefficient (Wildman–Crippen LogP) is 3.18. The molecule has 0 radical (unpaired) electrons. The molecule has 0 saturated heterocycles. The molecule has 0 spiro atoms. The molecule has 2 aromatic carbocycles. The molecule has 0 bridgehead atoms. The summed E-state index contributed by atoms with van der Waals surface area (Å²) in [4.78, 5) is 24.3. The number of carbonyl (C=O) groups is 2. The van der Waals surface area contributed by atoms with E-state index in [9.17, 15) is 18.0 Å². The fourth-order valence-corrected chi connectivity index (χ4v) is 3.62. The first-order chi connectivity index (χ1) is 12.3. The third-order valence-corrected chi connectivity index (χ3v) is 5.71. The van der Waals surface area contributed by atoms with Crippen LogP contribution < -0.4 is 5.32 Å². The quantitative estimate of drug-likeness (QED) is 0.721. The second-order valence-electron chi connectivity index (χ2n) is 6.14. The summed E-state index contributed by atoms with van der Waals surface area (Å²) in [5.74, 6) is -0.692. The largest absolute Gasteiger partial charge is 0.352 e. The van der Waals surface area contributed by atoms with E-state index in [1.807, 2.05) is 13.8 Å². The lowest BCUT2D eigenvalue weighted by Crippen LogP contribution is -2.23. The molecule has 138 valence electrons. The van der Waals surface area contributed by atoms with Gasteiger partial charge in [-0.2, -0.15) is 0 Å². The van der Waals surface area contributed by atoms with Crippen molar-refractivity contribution in [3.63, 3.8) is 0 Å². The lowest BCUT2D eigenvalue weighted by Gasteiger charge is -2.06. The minimum Gasteiger partial charge on any atom is -0.352 e. The maximum Gasteiger partial charge on any atom is 0.251 e. The summed E-state index contributed by atoms with van der Waals surface area (Å²) in [7, 11) is -3.50. The van der Waals surface area contributed by atoms with Crippen molar-refractivity contribution in [2.45, 2.75) is 31.6 Å². The second kappa shape index (κ2) is 8.76. The van der Waals surface area contributed by atoms with Crippen molar-refractivity contribution >= 4 is 21.5 Å². The molecule has 26 heavy (non-hydrogen) atoms. The summed E-state index contributed by atoms with van der Waals surface area (Å²) in [5, 5.41) is 2.76. The van der Waals surface area contributed by atoms with Crippen LogP contribution in [0.25, 0.3) is 0 Å². The van der Waals surface area contributed by atoms with E-state index < -0.39 is 9.84 Å². The Morgan fingerprint density at radius 3 is 2.08 bits per heavy atom. The molecule has 2 rings (SSSR count). The Hall–Kier alpha value is -2.47. The van der Waals surface area contributed by atoms with Gasteiger partial charge in [-0.1, -0.05) is 36.8 Å². The highest BCUT2D eigenvalue weighted by Crippen LogP contribution is 2.15. The molecule has 0 fully saturated rings. The van der Waals surface area contributed by atoms with Crippen molar-refractivity contribution in [1.82, 2.24) is 5.32 Å². The second-order valence-corrected chi connectivity index (χ2v) is 8.25. The van der Waals surface area contributed by atoms with Crippen molar-refractivity contribution < 1.29 is 18.0 Å². The number of carbonyl (C=O) groups excluding carboxylic acids is 2. The van der Waals surface area contributed by atoms with Crippen LogP contribution in [0.1, 0.15) is 46.0 Å². The lowest BCUT2D eigenvalue weighted by molar-refractivity contribution is 0.0950. The minimum atomic E-state index is -3.50. The Bertz CT molecular complexity index is 869. The molecule has 0 aliphatic carbocycles. The molecule has 5 nitrogen and oxygen atoms in total. The van der Waals surface area contributed by atoms with E-state index in [0.29, 0.717) is 17.7 Å². The fourth-order valence-electron chi connectivity index (χ4n) is 2.38. The molecule has 2 aromatic rings. The van der Waals surface area contributed by atoms with Gasteiger partial charge in [-0.05, 0) is 37.6 Å². The van der Waals surface area contributed by atoms with Crippen LogP contribution in [-0.2, 0) is 9.84 Å². The Kier molecular flexibility index (Phi) is 6.69. The Balaban J connectivity index is 1.99. The summed E-state index contributed by atoms with van der Waals surface area (Å²) >= 11 is 0. The van der Waals surface area contributed by atoms with Gasteiger partial charge in [-0.3, -0.25) is 9.59 Å². The molecular formula is C20H23NO4S. The van der Waals surface area contributed by atoms with Gasteiger partial charge in [-0.25, -0.2) is 8.42 Å². The zero-order valence-electron chi connectivity index (χ0n) is 15.0. The molecule has 0 unspecified atom stereocenters. The average molecular weight is 373 g/mol. The van der Waals surface area contributed by atoms with Crippen LogP contribution in [0.15, 0.2) is 53.4 Å². The SMILES string of the molecule is CCCNC(=O)c1ccc(C(=O)CCS(=O)(=O)c2ccc(C)cc2)cc1. The summed E-state index contributed by atoms with van der Waals surface area (Å²) < 4.78 is 24.6. The zero-order chi connectivity index (χ0) is 19.2. The first-order valence-electron chi connectivity index (χ1n) is 8.54. The van der Waals surface area contributed by atoms with Crippen LogP contribution in [0, 0.1) is 6.92 Å². The molecule has 0 heterocycles. The van der Waals surface area contributed by atoms with Gasteiger partial charge in [0.25, 0.3) is 5.91 Å². The molecule has 0 atom stereocenters. The van der Waals surface area contributed by atoms with Crippen LogP contribution in [0.4, 0.5) is 0 Å². The van der Waals surface area contributed by atoms with E-state index >= 15 is 0 Å².